The number of aliphatic hydroxyl groups is 1. The van der Waals surface area contributed by atoms with Crippen molar-refractivity contribution in [1.82, 2.24) is 0 Å². The first kappa shape index (κ1) is 57.0. The van der Waals surface area contributed by atoms with E-state index in [1.807, 2.05) is 13.8 Å². The molecule has 13 heteroatoms. The second-order valence-corrected chi connectivity index (χ2v) is 24.9. The maximum Gasteiger partial charge on any atom is 0.762 e. The maximum atomic E-state index is 12.7. The van der Waals surface area contributed by atoms with Gasteiger partial charge in [-0.15, -0.1) is 0 Å². The fraction of sp³-hybridized carbons (Fsp3) is 0.238. The van der Waals surface area contributed by atoms with Gasteiger partial charge in [0.1, 0.15) is 5.60 Å². The molecule has 5 aliphatic rings. The Bertz CT molecular complexity index is 3230. The van der Waals surface area contributed by atoms with Gasteiger partial charge in [-0.2, -0.15) is 0 Å². The minimum atomic E-state index is -3.67. The van der Waals surface area contributed by atoms with Crippen LogP contribution in [0.5, 0.6) is 0 Å². The van der Waals surface area contributed by atoms with Gasteiger partial charge in [0.05, 0.1) is 5.41 Å². The van der Waals surface area contributed by atoms with Crippen molar-refractivity contribution in [2.24, 2.45) is 0 Å². The summed E-state index contributed by atoms with van der Waals surface area (Å²) < 4.78 is 37.4. The molecule has 13 rings (SSSR count). The van der Waals surface area contributed by atoms with Gasteiger partial charge >= 0.3 is 7.54 Å². The molecule has 0 saturated carbocycles. The van der Waals surface area contributed by atoms with Crippen molar-refractivity contribution < 1.29 is 22.8 Å². The van der Waals surface area contributed by atoms with E-state index in [1.165, 1.54) is 104 Å². The highest BCUT2D eigenvalue weighted by molar-refractivity contribution is 9.11. The lowest BCUT2D eigenvalue weighted by atomic mass is 9.65. The third-order valence-electron chi connectivity index (χ3n) is 15.2. The highest BCUT2D eigenvalue weighted by Crippen LogP contribution is 2.58. The van der Waals surface area contributed by atoms with E-state index in [0.717, 1.165) is 84.6 Å². The van der Waals surface area contributed by atoms with Gasteiger partial charge in [-0.1, -0.05) is 202 Å². The first-order valence-electron chi connectivity index (χ1n) is 25.3. The summed E-state index contributed by atoms with van der Waals surface area (Å²) in [5.41, 5.74) is 23.1. The number of rotatable bonds is 8. The van der Waals surface area contributed by atoms with Crippen LogP contribution in [-0.2, 0) is 67.1 Å². The van der Waals surface area contributed by atoms with Crippen molar-refractivity contribution in [3.8, 4) is 22.3 Å². The molecule has 0 saturated heterocycles. The third-order valence-corrected chi connectivity index (χ3v) is 17.2. The van der Waals surface area contributed by atoms with Crippen LogP contribution in [0, 0.1) is 0 Å². The summed E-state index contributed by atoms with van der Waals surface area (Å²) in [7, 11) is -3.67. The van der Waals surface area contributed by atoms with E-state index in [-0.39, 0.29) is 5.41 Å². The van der Waals surface area contributed by atoms with E-state index < -0.39 is 17.4 Å². The zero-order valence-corrected chi connectivity index (χ0v) is 50.4. The minimum absolute atomic E-state index is 0.298. The second kappa shape index (κ2) is 24.8. The Morgan fingerprint density at radius 1 is 0.474 bits per heavy atom. The van der Waals surface area contributed by atoms with Crippen molar-refractivity contribution in [3.63, 3.8) is 0 Å². The average molecular weight is 1340 g/mol. The van der Waals surface area contributed by atoms with Crippen LogP contribution in [0.25, 0.3) is 22.3 Å². The average Bonchev–Trinajstić information content (AvgIpc) is 3.68. The fourth-order valence-electron chi connectivity index (χ4n) is 11.1. The Kier molecular flexibility index (Phi) is 18.6. The predicted octanol–water partition coefficient (Wildman–Crippen LogP) is 19.0. The van der Waals surface area contributed by atoms with Crippen molar-refractivity contribution >= 4 is 106 Å². The Hall–Kier alpha value is -3.68. The van der Waals surface area contributed by atoms with E-state index >= 15 is 0 Å². The molecule has 0 heterocycles. The van der Waals surface area contributed by atoms with Gasteiger partial charge in [-0.05, 0) is 214 Å². The van der Waals surface area contributed by atoms with E-state index in [4.69, 9.17) is 39.5 Å². The van der Waals surface area contributed by atoms with Gasteiger partial charge in [0, 0.05) is 36.7 Å². The molecule has 0 aromatic heterocycles. The number of fused-ring (bicyclic) bond motifs is 7. The monoisotopic (exact) mass is 1330 g/mol. The standard InChI is InChI=1S/C29H22Br2O.C29H20Br2.C4H10O.CHCl3.BF3/c30-25-11-7-20(8-12-25)27-14-13-26(31)17-28(27)29(32,23-9-5-18-1-3-21(18)15-23)24-10-6-19-2-4-22(19)16-24;30-23-9-11-25-26-12-10-24(31)16-28(26)29(27(25)15-23,21-7-5-17-1-3-19(17)13-21)22-8-6-18-2-4-20(18)14-22;1-3-5-4-2;2*2-1(3)4/h5-17,32H,1-4H2;5-16H,1-4H2;3-4H2,1-2H3;1H;. The molecular formula is C63H53BBr4Cl3F3O2. The molecule has 0 radical (unpaired) electrons. The van der Waals surface area contributed by atoms with E-state index in [2.05, 4.69) is 215 Å². The molecule has 2 nitrogen and oxygen atoms in total. The van der Waals surface area contributed by atoms with Crippen LogP contribution in [0.3, 0.4) is 0 Å². The van der Waals surface area contributed by atoms with Crippen LogP contribution >= 0.6 is 98.5 Å². The molecule has 0 spiro atoms. The number of hydrogen-bond donors (Lipinski definition) is 1. The van der Waals surface area contributed by atoms with Crippen LogP contribution < -0.4 is 0 Å². The van der Waals surface area contributed by atoms with Crippen molar-refractivity contribution in [3.05, 3.63) is 253 Å². The first-order valence-corrected chi connectivity index (χ1v) is 29.8. The van der Waals surface area contributed by atoms with E-state index in [9.17, 15) is 18.1 Å². The Morgan fingerprint density at radius 3 is 1.16 bits per heavy atom. The highest BCUT2D eigenvalue weighted by Gasteiger charge is 2.47. The fourth-order valence-corrected chi connectivity index (χ4v) is 12.5. The molecule has 390 valence electrons. The molecular weight excluding hydrogens is 1280 g/mol. The topological polar surface area (TPSA) is 29.5 Å². The summed E-state index contributed by atoms with van der Waals surface area (Å²) in [5, 5.41) is 12.7. The number of hydrogen-bond acceptors (Lipinski definition) is 2. The first-order chi connectivity index (χ1) is 36.5. The molecule has 8 aromatic rings. The molecule has 0 unspecified atom stereocenters. The molecule has 0 aliphatic heterocycles. The van der Waals surface area contributed by atoms with Crippen LogP contribution in [0.15, 0.2) is 170 Å². The van der Waals surface area contributed by atoms with Gasteiger partial charge in [-0.25, -0.2) is 0 Å². The molecule has 0 atom stereocenters. The van der Waals surface area contributed by atoms with Crippen LogP contribution in [0.2, 0.25) is 0 Å². The normalized spacial score (nSPS) is 14.1. The van der Waals surface area contributed by atoms with E-state index in [0.29, 0.717) is 0 Å². The summed E-state index contributed by atoms with van der Waals surface area (Å²) >= 11 is 29.2. The number of aryl methyl sites for hydroxylation is 8. The molecule has 0 amide bonds. The number of benzene rings is 8. The minimum Gasteiger partial charge on any atom is -0.382 e. The number of alkyl halides is 3. The summed E-state index contributed by atoms with van der Waals surface area (Å²) in [6, 6.07) is 55.7. The van der Waals surface area contributed by atoms with Gasteiger partial charge < -0.3 is 9.84 Å². The van der Waals surface area contributed by atoms with Crippen LogP contribution in [-0.4, -0.2) is 30.2 Å². The van der Waals surface area contributed by atoms with Gasteiger partial charge in [-0.3, -0.25) is 12.9 Å². The lowest BCUT2D eigenvalue weighted by Gasteiger charge is -2.36. The lowest BCUT2D eigenvalue weighted by Crippen LogP contribution is -2.31. The second-order valence-electron chi connectivity index (χ2n) is 19.2. The van der Waals surface area contributed by atoms with Crippen molar-refractivity contribution in [2.45, 2.75) is 80.5 Å². The Balaban J connectivity index is 0.000000151. The summed E-state index contributed by atoms with van der Waals surface area (Å²) in [4.78, 5) is 0. The summed E-state index contributed by atoms with van der Waals surface area (Å²) in [6.45, 7) is 5.67. The molecule has 5 aliphatic carbocycles. The van der Waals surface area contributed by atoms with Crippen molar-refractivity contribution in [1.29, 1.82) is 0 Å². The Labute approximate surface area is 493 Å². The SMILES string of the molecule is Brc1ccc2c(c1)C(c1ccc3c(c1)CC3)(c1ccc3c(c1)CC3)c1cc(Br)ccc1-2.CCOCC.ClC(Cl)Cl.FB(F)F.OC(c1ccc2c(c1)CC2)(c1ccc2c(c1)CC2)c1cc(Br)ccc1-c1ccc(Br)cc1. The Morgan fingerprint density at radius 2 is 0.816 bits per heavy atom. The van der Waals surface area contributed by atoms with Crippen LogP contribution in [0.1, 0.15) is 97.3 Å². The van der Waals surface area contributed by atoms with Gasteiger partial charge in [0.2, 0.25) is 0 Å². The third kappa shape index (κ3) is 11.8. The molecule has 8 aromatic carbocycles. The van der Waals surface area contributed by atoms with Gasteiger partial charge in [0.25, 0.3) is 0 Å². The molecule has 0 bridgehead atoms. The quantitative estimate of drug-likeness (QED) is 0.0933. The zero-order chi connectivity index (χ0) is 53.9. The van der Waals surface area contributed by atoms with Crippen molar-refractivity contribution in [2.75, 3.05) is 13.2 Å². The van der Waals surface area contributed by atoms with E-state index in [1.54, 1.807) is 0 Å². The largest absolute Gasteiger partial charge is 0.762 e. The molecule has 0 fully saturated rings. The smallest absolute Gasteiger partial charge is 0.382 e. The number of ether oxygens (including phenoxy) is 1. The number of halogens is 10. The highest BCUT2D eigenvalue weighted by atomic mass is 79.9. The zero-order valence-electron chi connectivity index (χ0n) is 41.8. The van der Waals surface area contributed by atoms with Crippen LogP contribution in [0.4, 0.5) is 12.9 Å². The van der Waals surface area contributed by atoms with Gasteiger partial charge in [0.15, 0.2) is 4.30 Å². The molecule has 1 N–H and O–H groups in total. The predicted molar refractivity (Wildman–Crippen MR) is 324 cm³/mol. The summed E-state index contributed by atoms with van der Waals surface area (Å²) in [5.74, 6) is 0. The maximum absolute atomic E-state index is 12.7. The molecule has 76 heavy (non-hydrogen) atoms. The summed E-state index contributed by atoms with van der Waals surface area (Å²) in [6.07, 6.45) is 9.25. The lowest BCUT2D eigenvalue weighted by molar-refractivity contribution is 0.126.